The molecule has 0 spiro atoms. The zero-order valence-corrected chi connectivity index (χ0v) is 18.1. The number of methoxy groups -OCH3 is 1. The van der Waals surface area contributed by atoms with Crippen molar-refractivity contribution in [3.05, 3.63) is 94.1 Å². The summed E-state index contributed by atoms with van der Waals surface area (Å²) in [5, 5.41) is 1.55. The predicted octanol–water partition coefficient (Wildman–Crippen LogP) is 4.99. The van der Waals surface area contributed by atoms with E-state index in [1.165, 1.54) is 11.8 Å². The highest BCUT2D eigenvalue weighted by Crippen LogP contribution is 2.29. The topological polar surface area (TPSA) is 61.4 Å². The van der Waals surface area contributed by atoms with Crippen LogP contribution < -0.4 is 10.3 Å². The van der Waals surface area contributed by atoms with Gasteiger partial charge in [-0.3, -0.25) is 9.36 Å². The normalized spacial score (nSPS) is 11.3. The van der Waals surface area contributed by atoms with Crippen LogP contribution >= 0.6 is 23.4 Å². The van der Waals surface area contributed by atoms with Crippen LogP contribution in [0.2, 0.25) is 5.02 Å². The lowest BCUT2D eigenvalue weighted by molar-refractivity contribution is 0.415. The molecule has 31 heavy (non-hydrogen) atoms. The average Bonchev–Trinajstić information content (AvgIpc) is 3.21. The molecule has 0 aliphatic heterocycles. The summed E-state index contributed by atoms with van der Waals surface area (Å²) in [5.41, 5.74) is 2.92. The van der Waals surface area contributed by atoms with Crippen LogP contribution in [0.1, 0.15) is 5.69 Å². The Morgan fingerprint density at radius 2 is 1.90 bits per heavy atom. The number of thioether (sulfide) groups is 1. The van der Waals surface area contributed by atoms with Crippen LogP contribution in [0, 0.1) is 0 Å². The highest BCUT2D eigenvalue weighted by molar-refractivity contribution is 7.98. The Morgan fingerprint density at radius 1 is 1.06 bits per heavy atom. The number of halogens is 1. The third-order valence-corrected chi connectivity index (χ3v) is 6.17. The molecule has 0 N–H and O–H groups in total. The molecule has 2 aromatic carbocycles. The van der Waals surface area contributed by atoms with Gasteiger partial charge in [0, 0.05) is 18.1 Å². The summed E-state index contributed by atoms with van der Waals surface area (Å²) in [7, 11) is 1.56. The fraction of sp³-hybridized carbons (Fsp3) is 0.0870. The first-order valence-electron chi connectivity index (χ1n) is 9.55. The number of imidazole rings is 1. The molecule has 5 rings (SSSR count). The van der Waals surface area contributed by atoms with Crippen molar-refractivity contribution in [2.75, 3.05) is 7.11 Å². The zero-order valence-electron chi connectivity index (χ0n) is 16.5. The van der Waals surface area contributed by atoms with Crippen molar-refractivity contribution >= 4 is 39.9 Å². The van der Waals surface area contributed by atoms with Gasteiger partial charge >= 0.3 is 0 Å². The summed E-state index contributed by atoms with van der Waals surface area (Å²) in [4.78, 5) is 22.8. The van der Waals surface area contributed by atoms with Crippen molar-refractivity contribution < 1.29 is 4.74 Å². The van der Waals surface area contributed by atoms with E-state index in [0.717, 1.165) is 11.3 Å². The fourth-order valence-corrected chi connectivity index (χ4v) is 4.57. The molecule has 0 aliphatic rings. The Bertz CT molecular complexity index is 1440. The zero-order chi connectivity index (χ0) is 21.4. The van der Waals surface area contributed by atoms with Gasteiger partial charge in [-0.25, -0.2) is 9.97 Å². The Labute approximate surface area is 187 Å². The third kappa shape index (κ3) is 3.66. The maximum absolute atomic E-state index is 13.4. The van der Waals surface area contributed by atoms with E-state index in [2.05, 4.69) is 4.98 Å². The van der Waals surface area contributed by atoms with E-state index in [9.17, 15) is 4.79 Å². The summed E-state index contributed by atoms with van der Waals surface area (Å²) in [5.74, 6) is 1.11. The van der Waals surface area contributed by atoms with Gasteiger partial charge in [-0.2, -0.15) is 0 Å². The highest BCUT2D eigenvalue weighted by atomic mass is 35.5. The number of benzene rings is 2. The van der Waals surface area contributed by atoms with Crippen molar-refractivity contribution in [2.24, 2.45) is 0 Å². The second-order valence-electron chi connectivity index (χ2n) is 6.86. The van der Waals surface area contributed by atoms with Gasteiger partial charge in [0.1, 0.15) is 11.4 Å². The maximum Gasteiger partial charge on any atom is 0.266 e. The van der Waals surface area contributed by atoms with Crippen LogP contribution in [0.5, 0.6) is 5.75 Å². The molecule has 0 radical (unpaired) electrons. The lowest BCUT2D eigenvalue weighted by Crippen LogP contribution is -2.21. The van der Waals surface area contributed by atoms with Gasteiger partial charge in [0.15, 0.2) is 5.16 Å². The van der Waals surface area contributed by atoms with Crippen molar-refractivity contribution in [3.8, 4) is 11.4 Å². The molecular formula is C23H17ClN4O2S. The number of pyridine rings is 1. The molecule has 0 saturated heterocycles. The Balaban J connectivity index is 1.61. The first-order valence-corrected chi connectivity index (χ1v) is 10.9. The van der Waals surface area contributed by atoms with Crippen LogP contribution in [0.4, 0.5) is 0 Å². The van der Waals surface area contributed by atoms with E-state index in [0.29, 0.717) is 38.3 Å². The molecule has 0 bridgehead atoms. The van der Waals surface area contributed by atoms with E-state index in [1.54, 1.807) is 35.9 Å². The summed E-state index contributed by atoms with van der Waals surface area (Å²) < 4.78 is 8.81. The van der Waals surface area contributed by atoms with Crippen LogP contribution in [0.25, 0.3) is 22.2 Å². The van der Waals surface area contributed by atoms with Crippen LogP contribution in [-0.2, 0) is 5.75 Å². The van der Waals surface area contributed by atoms with Crippen LogP contribution in [0.3, 0.4) is 0 Å². The lowest BCUT2D eigenvalue weighted by atomic mass is 10.2. The molecule has 0 atom stereocenters. The van der Waals surface area contributed by atoms with Gasteiger partial charge in [-0.1, -0.05) is 41.6 Å². The third-order valence-electron chi connectivity index (χ3n) is 4.90. The first-order chi connectivity index (χ1) is 15.1. The number of ether oxygens (including phenoxy) is 1. The standard InChI is InChI=1S/C23H17ClN4O2S/c1-30-20-10-9-16(12-18(20)24)28-22(29)17-6-2-3-7-19(17)26-23(28)31-14-15-13-27-11-5-4-8-21(27)25-15/h2-13H,14H2,1H3. The number of hydrogen-bond donors (Lipinski definition) is 0. The van der Waals surface area contributed by atoms with Gasteiger partial charge in [0.2, 0.25) is 0 Å². The van der Waals surface area contributed by atoms with Crippen LogP contribution in [-0.4, -0.2) is 26.0 Å². The Hall–Kier alpha value is -3.29. The lowest BCUT2D eigenvalue weighted by Gasteiger charge is -2.14. The largest absolute Gasteiger partial charge is 0.495 e. The summed E-state index contributed by atoms with van der Waals surface area (Å²) in [6.07, 6.45) is 3.94. The van der Waals surface area contributed by atoms with E-state index < -0.39 is 0 Å². The van der Waals surface area contributed by atoms with E-state index in [1.807, 2.05) is 53.2 Å². The Kier molecular flexibility index (Phi) is 5.13. The summed E-state index contributed by atoms with van der Waals surface area (Å²) in [6.45, 7) is 0. The number of nitrogens with zero attached hydrogens (tertiary/aromatic N) is 4. The molecule has 0 fully saturated rings. The fourth-order valence-electron chi connectivity index (χ4n) is 3.43. The predicted molar refractivity (Wildman–Crippen MR) is 124 cm³/mol. The first kappa shape index (κ1) is 19.7. The molecule has 0 saturated carbocycles. The van der Waals surface area contributed by atoms with Gasteiger partial charge in [-0.15, -0.1) is 0 Å². The molecule has 3 aromatic heterocycles. The molecule has 8 heteroatoms. The van der Waals surface area contributed by atoms with Gasteiger partial charge in [-0.05, 0) is 42.5 Å². The minimum atomic E-state index is -0.149. The minimum absolute atomic E-state index is 0.149. The molecule has 3 heterocycles. The van der Waals surface area contributed by atoms with Crippen molar-refractivity contribution in [1.29, 1.82) is 0 Å². The smallest absolute Gasteiger partial charge is 0.266 e. The summed E-state index contributed by atoms with van der Waals surface area (Å²) >= 11 is 7.80. The maximum atomic E-state index is 13.4. The summed E-state index contributed by atoms with van der Waals surface area (Å²) in [6, 6.07) is 18.5. The monoisotopic (exact) mass is 448 g/mol. The highest BCUT2D eigenvalue weighted by Gasteiger charge is 2.15. The number of fused-ring (bicyclic) bond motifs is 2. The molecule has 5 aromatic rings. The second-order valence-corrected chi connectivity index (χ2v) is 8.21. The van der Waals surface area contributed by atoms with E-state index in [4.69, 9.17) is 21.3 Å². The molecule has 6 nitrogen and oxygen atoms in total. The average molecular weight is 449 g/mol. The molecular weight excluding hydrogens is 432 g/mol. The van der Waals surface area contributed by atoms with E-state index in [-0.39, 0.29) is 5.56 Å². The number of hydrogen-bond acceptors (Lipinski definition) is 5. The van der Waals surface area contributed by atoms with Crippen molar-refractivity contribution in [2.45, 2.75) is 10.9 Å². The molecule has 0 amide bonds. The Morgan fingerprint density at radius 3 is 2.71 bits per heavy atom. The van der Waals surface area contributed by atoms with Crippen LogP contribution in [0.15, 0.2) is 83.0 Å². The minimum Gasteiger partial charge on any atom is -0.495 e. The quantitative estimate of drug-likeness (QED) is 0.280. The molecule has 154 valence electrons. The molecule has 0 unspecified atom stereocenters. The second kappa shape index (κ2) is 8.09. The van der Waals surface area contributed by atoms with Crippen molar-refractivity contribution in [3.63, 3.8) is 0 Å². The number of aromatic nitrogens is 4. The van der Waals surface area contributed by atoms with Gasteiger partial charge < -0.3 is 9.14 Å². The van der Waals surface area contributed by atoms with Gasteiger partial charge in [0.05, 0.1) is 34.4 Å². The van der Waals surface area contributed by atoms with E-state index >= 15 is 0 Å². The number of rotatable bonds is 5. The van der Waals surface area contributed by atoms with Crippen molar-refractivity contribution in [1.82, 2.24) is 18.9 Å². The number of para-hydroxylation sites is 1. The molecule has 0 aliphatic carbocycles. The van der Waals surface area contributed by atoms with Gasteiger partial charge in [0.25, 0.3) is 5.56 Å². The SMILES string of the molecule is COc1ccc(-n2c(SCc3cn4ccccc4n3)nc3ccccc3c2=O)cc1Cl.